The fourth-order valence-corrected chi connectivity index (χ4v) is 5.68. The number of rotatable bonds is 6. The summed E-state index contributed by atoms with van der Waals surface area (Å²) >= 11 is 8.27. The van der Waals surface area contributed by atoms with Gasteiger partial charge in [0.25, 0.3) is 5.91 Å². The Balaban J connectivity index is 1.39. The van der Waals surface area contributed by atoms with E-state index in [2.05, 4.69) is 47.1 Å². The molecule has 170 valence electrons. The number of methoxy groups -OCH3 is 2. The third kappa shape index (κ3) is 4.79. The van der Waals surface area contributed by atoms with Crippen molar-refractivity contribution in [2.75, 3.05) is 44.5 Å². The highest BCUT2D eigenvalue weighted by Gasteiger charge is 2.23. The Morgan fingerprint density at radius 1 is 1.19 bits per heavy atom. The highest BCUT2D eigenvalue weighted by molar-refractivity contribution is 9.13. The highest BCUT2D eigenvalue weighted by Crippen LogP contribution is 2.35. The minimum Gasteiger partial charge on any atom is -0.493 e. The second kappa shape index (κ2) is 9.80. The Labute approximate surface area is 206 Å². The van der Waals surface area contributed by atoms with Gasteiger partial charge in [-0.25, -0.2) is 4.98 Å². The van der Waals surface area contributed by atoms with Crippen LogP contribution in [0.2, 0.25) is 0 Å². The van der Waals surface area contributed by atoms with Crippen LogP contribution in [-0.4, -0.2) is 49.7 Å². The number of carbonyl (C=O) groups excluding carboxylic acids is 1. The number of anilines is 2. The summed E-state index contributed by atoms with van der Waals surface area (Å²) in [6.45, 7) is 2.25. The van der Waals surface area contributed by atoms with Crippen LogP contribution in [0, 0.1) is 5.92 Å². The Hall–Kier alpha value is -2.11. The summed E-state index contributed by atoms with van der Waals surface area (Å²) in [4.78, 5) is 24.5. The number of nitrogens with two attached hydrogens (primary N) is 1. The molecule has 3 N–H and O–H groups in total. The van der Waals surface area contributed by atoms with Crippen molar-refractivity contribution >= 4 is 71.8 Å². The first-order valence-corrected chi connectivity index (χ1v) is 12.5. The summed E-state index contributed by atoms with van der Waals surface area (Å²) in [5.41, 5.74) is 6.94. The van der Waals surface area contributed by atoms with Crippen molar-refractivity contribution in [1.29, 1.82) is 0 Å². The average molecular weight is 585 g/mol. The number of fused-ring (bicyclic) bond motifs is 1. The number of aromatic nitrogens is 2. The first-order chi connectivity index (χ1) is 15.4. The molecule has 1 aromatic carbocycles. The molecule has 0 aliphatic carbocycles. The molecule has 1 aliphatic rings. The highest BCUT2D eigenvalue weighted by atomic mass is 79.9. The van der Waals surface area contributed by atoms with E-state index in [0.29, 0.717) is 46.1 Å². The number of hydrogen-bond acceptors (Lipinski definition) is 8. The van der Waals surface area contributed by atoms with Gasteiger partial charge >= 0.3 is 0 Å². The number of carbonyl (C=O) groups is 1. The number of thiophene rings is 1. The molecule has 8 nitrogen and oxygen atoms in total. The molecule has 2 aromatic heterocycles. The van der Waals surface area contributed by atoms with Crippen LogP contribution in [0.5, 0.6) is 11.5 Å². The van der Waals surface area contributed by atoms with Crippen molar-refractivity contribution in [3.8, 4) is 11.5 Å². The Morgan fingerprint density at radius 3 is 2.50 bits per heavy atom. The van der Waals surface area contributed by atoms with Gasteiger partial charge in [0.1, 0.15) is 5.82 Å². The molecule has 4 rings (SSSR count). The second-order valence-electron chi connectivity index (χ2n) is 7.51. The van der Waals surface area contributed by atoms with Gasteiger partial charge < -0.3 is 25.4 Å². The first-order valence-electron chi connectivity index (χ1n) is 10.1. The average Bonchev–Trinajstić information content (AvgIpc) is 3.15. The molecule has 1 fully saturated rings. The number of ether oxygens (including phenoxy) is 2. The maximum atomic E-state index is 12.4. The minimum atomic E-state index is -0.0427. The molecule has 1 aliphatic heterocycles. The maximum absolute atomic E-state index is 12.4. The van der Waals surface area contributed by atoms with Crippen LogP contribution >= 0.6 is 43.2 Å². The quantitative estimate of drug-likeness (QED) is 0.441. The van der Waals surface area contributed by atoms with Crippen LogP contribution < -0.4 is 25.4 Å². The van der Waals surface area contributed by atoms with E-state index in [1.807, 2.05) is 12.1 Å². The van der Waals surface area contributed by atoms with Crippen LogP contribution in [0.1, 0.15) is 22.5 Å². The van der Waals surface area contributed by atoms with E-state index >= 15 is 0 Å². The van der Waals surface area contributed by atoms with Gasteiger partial charge in [0, 0.05) is 35.6 Å². The molecule has 0 saturated carbocycles. The third-order valence-corrected chi connectivity index (χ3v) is 8.79. The largest absolute Gasteiger partial charge is 0.493 e. The molecular formula is C21H23Br2N5O3S. The van der Waals surface area contributed by atoms with E-state index in [1.54, 1.807) is 20.3 Å². The number of halogens is 2. The fraction of sp³-hybridized carbons (Fsp3) is 0.381. The summed E-state index contributed by atoms with van der Waals surface area (Å²) in [7, 11) is 3.18. The van der Waals surface area contributed by atoms with Crippen LogP contribution in [0.25, 0.3) is 10.9 Å². The molecule has 0 atom stereocenters. The monoisotopic (exact) mass is 583 g/mol. The van der Waals surface area contributed by atoms with E-state index in [0.717, 1.165) is 39.6 Å². The molecular weight excluding hydrogens is 562 g/mol. The first kappa shape index (κ1) is 23.1. The zero-order chi connectivity index (χ0) is 22.8. The van der Waals surface area contributed by atoms with E-state index in [-0.39, 0.29) is 5.91 Å². The van der Waals surface area contributed by atoms with E-state index < -0.39 is 0 Å². The van der Waals surface area contributed by atoms with E-state index in [1.165, 1.54) is 11.3 Å². The van der Waals surface area contributed by atoms with Gasteiger partial charge in [0.05, 0.1) is 28.4 Å². The fourth-order valence-electron chi connectivity index (χ4n) is 3.73. The van der Waals surface area contributed by atoms with E-state index in [9.17, 15) is 4.79 Å². The van der Waals surface area contributed by atoms with Gasteiger partial charge in [0.2, 0.25) is 5.95 Å². The smallest absolute Gasteiger partial charge is 0.261 e. The summed E-state index contributed by atoms with van der Waals surface area (Å²) in [5.74, 6) is 2.58. The number of amides is 1. The zero-order valence-electron chi connectivity index (χ0n) is 17.7. The van der Waals surface area contributed by atoms with Crippen LogP contribution in [0.4, 0.5) is 11.8 Å². The molecule has 0 unspecified atom stereocenters. The second-order valence-corrected chi connectivity index (χ2v) is 10.7. The van der Waals surface area contributed by atoms with Crippen LogP contribution in [0.3, 0.4) is 0 Å². The number of nitrogen functional groups attached to an aromatic ring is 1. The number of nitrogens with zero attached hydrogens (tertiary/aromatic N) is 3. The lowest BCUT2D eigenvalue weighted by atomic mass is 9.97. The van der Waals surface area contributed by atoms with Crippen molar-refractivity contribution in [2.45, 2.75) is 12.8 Å². The minimum absolute atomic E-state index is 0.0427. The van der Waals surface area contributed by atoms with Gasteiger partial charge in [-0.2, -0.15) is 4.98 Å². The molecule has 3 heterocycles. The van der Waals surface area contributed by atoms with Gasteiger partial charge in [-0.3, -0.25) is 4.79 Å². The molecule has 32 heavy (non-hydrogen) atoms. The normalized spacial score (nSPS) is 14.6. The summed E-state index contributed by atoms with van der Waals surface area (Å²) in [5, 5.41) is 3.79. The van der Waals surface area contributed by atoms with Crippen LogP contribution in [0.15, 0.2) is 26.5 Å². The van der Waals surface area contributed by atoms with E-state index in [4.69, 9.17) is 20.2 Å². The predicted octanol–water partition coefficient (Wildman–Crippen LogP) is 4.46. The number of benzene rings is 1. The molecule has 3 aromatic rings. The zero-order valence-corrected chi connectivity index (χ0v) is 21.6. The van der Waals surface area contributed by atoms with Crippen molar-refractivity contribution in [1.82, 2.24) is 15.3 Å². The number of hydrogen-bond donors (Lipinski definition) is 2. The maximum Gasteiger partial charge on any atom is 0.261 e. The Bertz CT molecular complexity index is 1130. The SMILES string of the molecule is COc1cc2nc(N3CCC(CNC(=O)c4cc(Br)c(Br)s4)CC3)nc(N)c2cc1OC. The van der Waals surface area contributed by atoms with Crippen molar-refractivity contribution < 1.29 is 14.3 Å². The molecule has 0 spiro atoms. The van der Waals surface area contributed by atoms with Crippen molar-refractivity contribution in [3.63, 3.8) is 0 Å². The van der Waals surface area contributed by atoms with Crippen molar-refractivity contribution in [3.05, 3.63) is 31.3 Å². The number of nitrogens with one attached hydrogen (secondary N) is 1. The van der Waals surface area contributed by atoms with Gasteiger partial charge in [-0.1, -0.05) is 0 Å². The summed E-state index contributed by atoms with van der Waals surface area (Å²) in [6, 6.07) is 5.45. The molecule has 0 bridgehead atoms. The van der Waals surface area contributed by atoms with Gasteiger partial charge in [0.15, 0.2) is 11.5 Å². The Kier molecular flexibility index (Phi) is 7.06. The predicted molar refractivity (Wildman–Crippen MR) is 134 cm³/mol. The lowest BCUT2D eigenvalue weighted by Crippen LogP contribution is -2.39. The molecule has 11 heteroatoms. The van der Waals surface area contributed by atoms with Gasteiger partial charge in [-0.15, -0.1) is 11.3 Å². The van der Waals surface area contributed by atoms with Gasteiger partial charge in [-0.05, 0) is 62.8 Å². The Morgan fingerprint density at radius 2 is 1.88 bits per heavy atom. The van der Waals surface area contributed by atoms with Crippen LogP contribution in [-0.2, 0) is 0 Å². The molecule has 1 amide bonds. The molecule has 0 radical (unpaired) electrons. The topological polar surface area (TPSA) is 103 Å². The van der Waals surface area contributed by atoms with Crippen molar-refractivity contribution in [2.24, 2.45) is 5.92 Å². The lowest BCUT2D eigenvalue weighted by molar-refractivity contribution is 0.0949. The number of piperidine rings is 1. The molecule has 1 saturated heterocycles. The standard InChI is InChI=1S/C21H23Br2N5O3S/c1-30-15-7-12-14(9-16(15)31-2)26-21(27-19(12)24)28-5-3-11(4-6-28)10-25-20(29)17-8-13(22)18(23)32-17/h7-9,11H,3-6,10H2,1-2H3,(H,25,29)(H2,24,26,27). The third-order valence-electron chi connectivity index (χ3n) is 5.54. The lowest BCUT2D eigenvalue weighted by Gasteiger charge is -2.32. The summed E-state index contributed by atoms with van der Waals surface area (Å²) < 4.78 is 12.6. The summed E-state index contributed by atoms with van der Waals surface area (Å²) in [6.07, 6.45) is 1.87.